The van der Waals surface area contributed by atoms with Gasteiger partial charge < -0.3 is 10.1 Å². The smallest absolute Gasteiger partial charge is 0.226 e. The van der Waals surface area contributed by atoms with Gasteiger partial charge in [0.05, 0.1) is 25.0 Å². The lowest BCUT2D eigenvalue weighted by molar-refractivity contribution is -0.121. The Morgan fingerprint density at radius 3 is 2.57 bits per heavy atom. The third-order valence-corrected chi connectivity index (χ3v) is 6.90. The zero-order valence-electron chi connectivity index (χ0n) is 16.1. The van der Waals surface area contributed by atoms with Crippen molar-refractivity contribution in [2.45, 2.75) is 55.3 Å². The normalized spacial score (nSPS) is 15.0. The van der Waals surface area contributed by atoms with Crippen LogP contribution >= 0.6 is 23.1 Å². The molecule has 3 rings (SSSR count). The zero-order chi connectivity index (χ0) is 19.8. The number of ether oxygens (including phenoxy) is 1. The topological polar surface area (TPSA) is 68.3 Å². The van der Waals surface area contributed by atoms with Crippen molar-refractivity contribution in [1.29, 1.82) is 0 Å². The summed E-state index contributed by atoms with van der Waals surface area (Å²) in [4.78, 5) is 29.1. The van der Waals surface area contributed by atoms with E-state index in [4.69, 9.17) is 4.74 Å². The number of nitrogens with one attached hydrogen (secondary N) is 1. The van der Waals surface area contributed by atoms with Crippen molar-refractivity contribution in [3.63, 3.8) is 0 Å². The van der Waals surface area contributed by atoms with E-state index < -0.39 is 0 Å². The Labute approximate surface area is 174 Å². The molecule has 1 heterocycles. The Bertz CT molecular complexity index is 781. The van der Waals surface area contributed by atoms with Crippen LogP contribution in [0, 0.1) is 0 Å². The van der Waals surface area contributed by atoms with Crippen molar-refractivity contribution in [1.82, 2.24) is 10.3 Å². The summed E-state index contributed by atoms with van der Waals surface area (Å²) in [5.74, 6) is 1.16. The van der Waals surface area contributed by atoms with Crippen molar-refractivity contribution in [3.05, 3.63) is 40.9 Å². The van der Waals surface area contributed by atoms with Gasteiger partial charge in [0.15, 0.2) is 10.1 Å². The van der Waals surface area contributed by atoms with Crippen LogP contribution in [-0.4, -0.2) is 35.6 Å². The van der Waals surface area contributed by atoms with E-state index in [1.807, 2.05) is 5.38 Å². The number of thiazole rings is 1. The molecule has 1 fully saturated rings. The maximum absolute atomic E-state index is 12.3. The number of thioether (sulfide) groups is 1. The molecule has 2 aromatic rings. The molecule has 5 nitrogen and oxygen atoms in total. The van der Waals surface area contributed by atoms with E-state index >= 15 is 0 Å². The maximum Gasteiger partial charge on any atom is 0.226 e. The summed E-state index contributed by atoms with van der Waals surface area (Å²) in [5, 5.41) is 5.06. The van der Waals surface area contributed by atoms with Gasteiger partial charge in [-0.2, -0.15) is 0 Å². The molecule has 1 aliphatic rings. The zero-order valence-corrected chi connectivity index (χ0v) is 17.7. The van der Waals surface area contributed by atoms with Gasteiger partial charge in [-0.25, -0.2) is 4.98 Å². The van der Waals surface area contributed by atoms with Crippen LogP contribution in [0.15, 0.2) is 34.0 Å². The van der Waals surface area contributed by atoms with E-state index in [0.29, 0.717) is 23.8 Å². The molecule has 1 saturated carbocycles. The van der Waals surface area contributed by atoms with Crippen LogP contribution in [-0.2, 0) is 11.2 Å². The fourth-order valence-electron chi connectivity index (χ4n) is 3.29. The number of hydrogen-bond donors (Lipinski definition) is 1. The minimum atomic E-state index is 0.0445. The average molecular weight is 419 g/mol. The van der Waals surface area contributed by atoms with Crippen LogP contribution in [0.25, 0.3) is 0 Å². The highest BCUT2D eigenvalue weighted by Gasteiger charge is 2.16. The fraction of sp³-hybridized carbons (Fsp3) is 0.476. The first kappa shape index (κ1) is 20.9. The van der Waals surface area contributed by atoms with Crippen molar-refractivity contribution >= 4 is 34.8 Å². The molecule has 0 unspecified atom stereocenters. The summed E-state index contributed by atoms with van der Waals surface area (Å²) in [6.45, 7) is 0. The van der Waals surface area contributed by atoms with E-state index in [0.717, 1.165) is 28.6 Å². The highest BCUT2D eigenvalue weighted by molar-refractivity contribution is 8.01. The van der Waals surface area contributed by atoms with Gasteiger partial charge in [-0.3, -0.25) is 9.59 Å². The number of carbonyl (C=O) groups excluding carboxylic acids is 2. The molecule has 0 aliphatic heterocycles. The van der Waals surface area contributed by atoms with Crippen LogP contribution in [0.1, 0.15) is 54.6 Å². The summed E-state index contributed by atoms with van der Waals surface area (Å²) >= 11 is 2.90. The molecule has 0 spiro atoms. The Morgan fingerprint density at radius 2 is 1.89 bits per heavy atom. The molecule has 1 N–H and O–H groups in total. The van der Waals surface area contributed by atoms with Crippen LogP contribution < -0.4 is 10.1 Å². The van der Waals surface area contributed by atoms with Gasteiger partial charge >= 0.3 is 0 Å². The van der Waals surface area contributed by atoms with Crippen LogP contribution in [0.5, 0.6) is 5.75 Å². The van der Waals surface area contributed by atoms with Gasteiger partial charge in [-0.15, -0.1) is 11.3 Å². The number of methoxy groups -OCH3 is 1. The minimum Gasteiger partial charge on any atom is -0.497 e. The molecule has 1 amide bonds. The summed E-state index contributed by atoms with van der Waals surface area (Å²) < 4.78 is 5.93. The number of nitrogens with zero attached hydrogens (tertiary/aromatic N) is 1. The number of carbonyl (C=O) groups is 2. The molecule has 1 aromatic heterocycles. The van der Waals surface area contributed by atoms with E-state index in [-0.39, 0.29) is 11.7 Å². The average Bonchev–Trinajstić information content (AvgIpc) is 2.99. The van der Waals surface area contributed by atoms with Crippen molar-refractivity contribution in [2.75, 3.05) is 12.9 Å². The van der Waals surface area contributed by atoms with Gasteiger partial charge in [-0.05, 0) is 37.1 Å². The molecular formula is C21H26N2O3S2. The molecule has 0 atom stereocenters. The van der Waals surface area contributed by atoms with Gasteiger partial charge in [0.1, 0.15) is 5.75 Å². The molecular weight excluding hydrogens is 392 g/mol. The number of benzene rings is 1. The molecule has 0 saturated heterocycles. The van der Waals surface area contributed by atoms with Crippen LogP contribution in [0.2, 0.25) is 0 Å². The monoisotopic (exact) mass is 418 g/mol. The minimum absolute atomic E-state index is 0.0445. The van der Waals surface area contributed by atoms with E-state index in [1.54, 1.807) is 31.4 Å². The lowest BCUT2D eigenvalue weighted by atomic mass is 10.1. The quantitative estimate of drug-likeness (QED) is 0.388. The predicted molar refractivity (Wildman–Crippen MR) is 113 cm³/mol. The van der Waals surface area contributed by atoms with Gasteiger partial charge in [0.25, 0.3) is 0 Å². The first-order chi connectivity index (χ1) is 13.6. The standard InChI is InChI=1S/C21H26N2O3S2/c1-26-18-10-8-15(9-11-18)19(24)14-28-21-23-17(13-27-21)12-20(25)22-16-6-4-2-3-5-7-16/h8-11,13,16H,2-7,12,14H2,1H3,(H,22,25). The largest absolute Gasteiger partial charge is 0.497 e. The third-order valence-electron chi connectivity index (χ3n) is 4.83. The number of Topliss-reactive ketones (excluding diaryl/α,β-unsaturated/α-hetero) is 1. The SMILES string of the molecule is COc1ccc(C(=O)CSc2nc(CC(=O)NC3CCCCCC3)cs2)cc1. The van der Waals surface area contributed by atoms with E-state index in [2.05, 4.69) is 10.3 Å². The van der Waals surface area contributed by atoms with Gasteiger partial charge in [0, 0.05) is 17.0 Å². The Hall–Kier alpha value is -1.86. The second-order valence-corrected chi connectivity index (χ2v) is 9.06. The van der Waals surface area contributed by atoms with Gasteiger partial charge in [-0.1, -0.05) is 37.4 Å². The number of aromatic nitrogens is 1. The second kappa shape index (κ2) is 10.6. The lowest BCUT2D eigenvalue weighted by Crippen LogP contribution is -2.35. The molecule has 7 heteroatoms. The molecule has 1 aromatic carbocycles. The van der Waals surface area contributed by atoms with Crippen LogP contribution in [0.3, 0.4) is 0 Å². The van der Waals surface area contributed by atoms with Crippen molar-refractivity contribution in [2.24, 2.45) is 0 Å². The van der Waals surface area contributed by atoms with E-state index in [9.17, 15) is 9.59 Å². The highest BCUT2D eigenvalue weighted by atomic mass is 32.2. The molecule has 28 heavy (non-hydrogen) atoms. The lowest BCUT2D eigenvalue weighted by Gasteiger charge is -2.15. The summed E-state index contributed by atoms with van der Waals surface area (Å²) in [7, 11) is 1.60. The number of ketones is 1. The van der Waals surface area contributed by atoms with Crippen molar-refractivity contribution < 1.29 is 14.3 Å². The molecule has 150 valence electrons. The highest BCUT2D eigenvalue weighted by Crippen LogP contribution is 2.24. The number of hydrogen-bond acceptors (Lipinski definition) is 6. The Balaban J connectivity index is 1.45. The number of rotatable bonds is 8. The first-order valence-electron chi connectivity index (χ1n) is 9.68. The van der Waals surface area contributed by atoms with Gasteiger partial charge in [0.2, 0.25) is 5.91 Å². The number of amides is 1. The maximum atomic E-state index is 12.3. The fourth-order valence-corrected chi connectivity index (χ4v) is 5.03. The molecule has 1 aliphatic carbocycles. The Morgan fingerprint density at radius 1 is 1.18 bits per heavy atom. The molecule has 0 radical (unpaired) electrons. The summed E-state index contributed by atoms with van der Waals surface area (Å²) in [6.07, 6.45) is 7.41. The summed E-state index contributed by atoms with van der Waals surface area (Å²) in [5.41, 5.74) is 1.43. The second-order valence-electron chi connectivity index (χ2n) is 6.98. The van der Waals surface area contributed by atoms with Crippen LogP contribution in [0.4, 0.5) is 0 Å². The van der Waals surface area contributed by atoms with Crippen molar-refractivity contribution in [3.8, 4) is 5.75 Å². The predicted octanol–water partition coefficient (Wildman–Crippen LogP) is 4.51. The Kier molecular flexibility index (Phi) is 7.91. The first-order valence-corrected chi connectivity index (χ1v) is 11.5. The third kappa shape index (κ3) is 6.34. The summed E-state index contributed by atoms with van der Waals surface area (Å²) in [6, 6.07) is 7.42. The van der Waals surface area contributed by atoms with E-state index in [1.165, 1.54) is 48.8 Å². The molecule has 0 bridgehead atoms.